The zero-order chi connectivity index (χ0) is 20.4. The molecule has 2 heterocycles. The molecule has 0 aliphatic heterocycles. The molecule has 1 aliphatic carbocycles. The fraction of sp³-hybridized carbons (Fsp3) is 0.545. The van der Waals surface area contributed by atoms with E-state index in [-0.39, 0.29) is 11.4 Å². The van der Waals surface area contributed by atoms with Gasteiger partial charge in [0.15, 0.2) is 5.82 Å². The molecule has 1 fully saturated rings. The zero-order valence-electron chi connectivity index (χ0n) is 17.1. The molecule has 1 aliphatic rings. The Morgan fingerprint density at radius 3 is 2.50 bits per heavy atom. The third kappa shape index (κ3) is 4.07. The Bertz CT molecular complexity index is 829. The van der Waals surface area contributed by atoms with Crippen LogP contribution in [0.1, 0.15) is 75.1 Å². The van der Waals surface area contributed by atoms with E-state index in [4.69, 9.17) is 4.74 Å². The van der Waals surface area contributed by atoms with Gasteiger partial charge in [0.25, 0.3) is 0 Å². The fourth-order valence-electron chi connectivity index (χ4n) is 3.49. The van der Waals surface area contributed by atoms with Gasteiger partial charge in [0.2, 0.25) is 0 Å². The molecule has 1 atom stereocenters. The molecule has 3 rings (SSSR count). The number of carbonyl (C=O) groups is 1. The Kier molecular flexibility index (Phi) is 5.79. The van der Waals surface area contributed by atoms with Gasteiger partial charge in [0.05, 0.1) is 12.5 Å². The van der Waals surface area contributed by atoms with Gasteiger partial charge >= 0.3 is 5.97 Å². The van der Waals surface area contributed by atoms with Gasteiger partial charge in [-0.2, -0.15) is 0 Å². The first-order valence-corrected chi connectivity index (χ1v) is 9.85. The number of nitrogens with zero attached hydrogens (tertiary/aromatic N) is 3. The summed E-state index contributed by atoms with van der Waals surface area (Å²) in [5, 5.41) is 10.5. The maximum Gasteiger partial charge on any atom is 0.316 e. The first-order valence-electron chi connectivity index (χ1n) is 9.85. The van der Waals surface area contributed by atoms with Crippen molar-refractivity contribution in [3.63, 3.8) is 0 Å². The minimum absolute atomic E-state index is 0.188. The van der Waals surface area contributed by atoms with E-state index < -0.39 is 11.5 Å². The smallest absolute Gasteiger partial charge is 0.316 e. The Labute approximate surface area is 166 Å². The minimum atomic E-state index is -0.703. The second kappa shape index (κ2) is 7.95. The molecule has 6 heteroatoms. The number of pyridine rings is 1. The molecule has 28 heavy (non-hydrogen) atoms. The lowest BCUT2D eigenvalue weighted by atomic mass is 9.79. The first-order chi connectivity index (χ1) is 13.3. The summed E-state index contributed by atoms with van der Waals surface area (Å²) in [5.41, 5.74) is 2.29. The van der Waals surface area contributed by atoms with Crippen molar-refractivity contribution in [1.29, 1.82) is 0 Å². The molecule has 0 amide bonds. The zero-order valence-corrected chi connectivity index (χ0v) is 17.1. The van der Waals surface area contributed by atoms with E-state index >= 15 is 0 Å². The molecule has 1 unspecified atom stereocenters. The summed E-state index contributed by atoms with van der Waals surface area (Å²) in [6.45, 7) is 6.30. The lowest BCUT2D eigenvalue weighted by Crippen LogP contribution is -2.24. The van der Waals surface area contributed by atoms with Gasteiger partial charge < -0.3 is 9.84 Å². The summed E-state index contributed by atoms with van der Waals surface area (Å²) in [7, 11) is 1.43. The van der Waals surface area contributed by atoms with Crippen LogP contribution in [-0.4, -0.2) is 33.1 Å². The average Bonchev–Trinajstić information content (AvgIpc) is 3.54. The van der Waals surface area contributed by atoms with Crippen molar-refractivity contribution < 1.29 is 14.6 Å². The van der Waals surface area contributed by atoms with Gasteiger partial charge in [-0.1, -0.05) is 26.8 Å². The summed E-state index contributed by atoms with van der Waals surface area (Å²) in [4.78, 5) is 25.1. The number of hydrogen-bond acceptors (Lipinski definition) is 6. The number of methoxy groups -OCH3 is 1. The van der Waals surface area contributed by atoms with Crippen LogP contribution in [0.3, 0.4) is 0 Å². The number of ether oxygens (including phenoxy) is 1. The quantitative estimate of drug-likeness (QED) is 0.703. The van der Waals surface area contributed by atoms with Crippen LogP contribution < -0.4 is 0 Å². The molecule has 2 aromatic heterocycles. The molecule has 0 radical (unpaired) electrons. The van der Waals surface area contributed by atoms with Crippen molar-refractivity contribution in [3.8, 4) is 0 Å². The second-order valence-electron chi connectivity index (χ2n) is 8.28. The highest BCUT2D eigenvalue weighted by Gasteiger charge is 2.53. The van der Waals surface area contributed by atoms with E-state index in [1.165, 1.54) is 7.11 Å². The molecular formula is C22H29N3O3. The molecule has 150 valence electrons. The lowest BCUT2D eigenvalue weighted by Gasteiger charge is -2.27. The van der Waals surface area contributed by atoms with Crippen LogP contribution in [0, 0.1) is 0 Å². The monoisotopic (exact) mass is 383 g/mol. The average molecular weight is 383 g/mol. The Balaban J connectivity index is 1.70. The largest absolute Gasteiger partial charge is 0.468 e. The van der Waals surface area contributed by atoms with Crippen LogP contribution in [-0.2, 0) is 26.8 Å². The maximum absolute atomic E-state index is 12.2. The van der Waals surface area contributed by atoms with E-state index in [0.717, 1.165) is 42.4 Å². The van der Waals surface area contributed by atoms with Gasteiger partial charge in [-0.15, -0.1) is 0 Å². The number of esters is 1. The molecule has 0 bridgehead atoms. The van der Waals surface area contributed by atoms with Gasteiger partial charge in [0, 0.05) is 24.8 Å². The van der Waals surface area contributed by atoms with E-state index in [1.807, 2.05) is 13.1 Å². The molecule has 6 nitrogen and oxygen atoms in total. The number of rotatable bonds is 8. The van der Waals surface area contributed by atoms with Crippen molar-refractivity contribution in [2.45, 2.75) is 69.8 Å². The maximum atomic E-state index is 12.2. The van der Waals surface area contributed by atoms with E-state index in [1.54, 1.807) is 18.6 Å². The summed E-state index contributed by atoms with van der Waals surface area (Å²) in [6, 6.07) is 2.07. The molecule has 0 saturated heterocycles. The van der Waals surface area contributed by atoms with Gasteiger partial charge in [-0.25, -0.2) is 9.97 Å². The van der Waals surface area contributed by atoms with Crippen molar-refractivity contribution in [2.75, 3.05) is 7.11 Å². The highest BCUT2D eigenvalue weighted by molar-refractivity contribution is 5.86. The van der Waals surface area contributed by atoms with Gasteiger partial charge in [-0.05, 0) is 54.2 Å². The van der Waals surface area contributed by atoms with Crippen LogP contribution in [0.5, 0.6) is 0 Å². The van der Waals surface area contributed by atoms with Crippen LogP contribution in [0.2, 0.25) is 0 Å². The van der Waals surface area contributed by atoms with Crippen molar-refractivity contribution in [1.82, 2.24) is 15.0 Å². The SMILES string of the molecule is CCc1cnc(C(O)CCC(C)(C)c2cncc(C3(C(=O)OC)CC3)c2)nc1. The van der Waals surface area contributed by atoms with Crippen LogP contribution >= 0.6 is 0 Å². The molecule has 0 aromatic carbocycles. The van der Waals surface area contributed by atoms with E-state index in [0.29, 0.717) is 12.2 Å². The normalized spacial score (nSPS) is 16.5. The summed E-state index contributed by atoms with van der Waals surface area (Å²) in [6.07, 6.45) is 10.2. The van der Waals surface area contributed by atoms with Crippen LogP contribution in [0.15, 0.2) is 30.9 Å². The molecule has 1 saturated carbocycles. The van der Waals surface area contributed by atoms with E-state index in [2.05, 4.69) is 34.9 Å². The Morgan fingerprint density at radius 2 is 1.93 bits per heavy atom. The predicted molar refractivity (Wildman–Crippen MR) is 106 cm³/mol. The minimum Gasteiger partial charge on any atom is -0.468 e. The number of aliphatic hydroxyl groups is 1. The van der Waals surface area contributed by atoms with Gasteiger partial charge in [-0.3, -0.25) is 9.78 Å². The number of aryl methyl sites for hydroxylation is 1. The highest BCUT2D eigenvalue weighted by atomic mass is 16.5. The summed E-state index contributed by atoms with van der Waals surface area (Å²) < 4.78 is 4.99. The summed E-state index contributed by atoms with van der Waals surface area (Å²) in [5.74, 6) is 0.273. The number of aromatic nitrogens is 3. The molecule has 0 spiro atoms. The second-order valence-corrected chi connectivity index (χ2v) is 8.28. The molecular weight excluding hydrogens is 354 g/mol. The molecule has 2 aromatic rings. The van der Waals surface area contributed by atoms with Crippen LogP contribution in [0.25, 0.3) is 0 Å². The first kappa shape index (κ1) is 20.4. The summed E-state index contributed by atoms with van der Waals surface area (Å²) >= 11 is 0. The number of carbonyl (C=O) groups excluding carboxylic acids is 1. The lowest BCUT2D eigenvalue weighted by molar-refractivity contribution is -0.143. The molecule has 1 N–H and O–H groups in total. The highest BCUT2D eigenvalue weighted by Crippen LogP contribution is 2.49. The van der Waals surface area contributed by atoms with Crippen molar-refractivity contribution in [3.05, 3.63) is 53.4 Å². The third-order valence-corrected chi connectivity index (χ3v) is 5.87. The van der Waals surface area contributed by atoms with Crippen molar-refractivity contribution >= 4 is 5.97 Å². The van der Waals surface area contributed by atoms with Gasteiger partial charge in [0.1, 0.15) is 6.10 Å². The Hall–Kier alpha value is -2.34. The standard InChI is InChI=1S/C22H29N3O3/c1-5-15-11-24-19(25-12-15)18(26)6-7-21(2,3)16-10-17(14-23-13-16)22(8-9-22)20(27)28-4/h10-14,18,26H,5-9H2,1-4H3. The fourth-order valence-corrected chi connectivity index (χ4v) is 3.49. The topological polar surface area (TPSA) is 85.2 Å². The Morgan fingerprint density at radius 1 is 1.25 bits per heavy atom. The predicted octanol–water partition coefficient (Wildman–Crippen LogP) is 3.43. The van der Waals surface area contributed by atoms with Crippen LogP contribution in [0.4, 0.5) is 0 Å². The number of hydrogen-bond donors (Lipinski definition) is 1. The van der Waals surface area contributed by atoms with E-state index in [9.17, 15) is 9.90 Å². The van der Waals surface area contributed by atoms with Crippen molar-refractivity contribution in [2.24, 2.45) is 0 Å². The third-order valence-electron chi connectivity index (χ3n) is 5.87. The number of aliphatic hydroxyl groups excluding tert-OH is 1.